The summed E-state index contributed by atoms with van der Waals surface area (Å²) in [6.07, 6.45) is -3.71. The number of ether oxygens (including phenoxy) is 5. The Balaban J connectivity index is 0.858. The summed E-state index contributed by atoms with van der Waals surface area (Å²) >= 11 is 0. The average Bonchev–Trinajstić information content (AvgIpc) is 0.884. The number of H-pyrrole nitrogens is 1. The van der Waals surface area contributed by atoms with E-state index >= 15 is 0 Å². The summed E-state index contributed by atoms with van der Waals surface area (Å²) in [7, 11) is -27.6. The van der Waals surface area contributed by atoms with Crippen molar-refractivity contribution in [2.24, 2.45) is 0 Å². The molecule has 14 N–H and O–H groups in total. The smallest absolute Gasteiger partial charge is 0.490 e. The van der Waals surface area contributed by atoms with Crippen LogP contribution in [0, 0.1) is 11.8 Å². The lowest BCUT2D eigenvalue weighted by atomic mass is 9.89. The number of aliphatic hydroxyl groups excluding tert-OH is 1. The minimum absolute atomic E-state index is 0.00802. The van der Waals surface area contributed by atoms with Gasteiger partial charge in [-0.2, -0.15) is 17.0 Å². The molecule has 0 spiro atoms. The number of phosphoric ester groups is 1. The van der Waals surface area contributed by atoms with E-state index in [2.05, 4.69) is 35.6 Å². The SMILES string of the molecule is Nc1ccc2c(-c3ccc(C(=O)NCCOCCOCCOCCOCCC(=O)NCC#Cc4cn([C@H]5C[C@H](O)[C@@H](COP(=O)(O)OP(=O)(O)OP(=O)(O)O)O5)c(=O)[nH]c4=O)cc3C(=O)O)c3ccc(=[NH2+])c(S(=O)(=O)O)c-3oc2c1S(=O)(=O)[O-]. The van der Waals surface area contributed by atoms with Crippen LogP contribution in [0.25, 0.3) is 33.4 Å². The van der Waals surface area contributed by atoms with Crippen molar-refractivity contribution < 1.29 is 130 Å². The lowest BCUT2D eigenvalue weighted by Gasteiger charge is -2.21. The van der Waals surface area contributed by atoms with Crippen molar-refractivity contribution in [2.45, 2.75) is 41.1 Å². The summed E-state index contributed by atoms with van der Waals surface area (Å²) in [5.41, 5.74) is 1.06. The van der Waals surface area contributed by atoms with E-state index in [9.17, 15) is 83.6 Å². The Bertz CT molecular complexity index is 3910. The van der Waals surface area contributed by atoms with Gasteiger partial charge in [-0.1, -0.05) is 17.9 Å². The van der Waals surface area contributed by atoms with E-state index in [1.165, 1.54) is 24.3 Å². The molecule has 0 saturated carbocycles. The molecule has 40 heteroatoms. The fraction of sp³-hybridized carbons (Fsp3) is 0.364. The van der Waals surface area contributed by atoms with Crippen LogP contribution >= 0.6 is 23.5 Å². The molecule has 2 amide bonds. The lowest BCUT2D eigenvalue weighted by Crippen LogP contribution is -2.47. The van der Waals surface area contributed by atoms with Crippen LogP contribution in [0.3, 0.4) is 0 Å². The molecule has 1 fully saturated rings. The normalized spacial score (nSPS) is 17.1. The van der Waals surface area contributed by atoms with Gasteiger partial charge in [-0.15, -0.1) is 0 Å². The second-order valence-electron chi connectivity index (χ2n) is 17.3. The second-order valence-corrected chi connectivity index (χ2v) is 24.4. The standard InChI is InChI=1S/C44H51N6O29P3S2/c45-30-7-5-27-36(28-6-8-31(46)40(84(68,69)70)38(28)77-37(27)39(30)83(65,66)67)26-4-3-24(20-29(26)43(55)56)41(53)48-11-13-72-15-17-74-19-18-73-16-14-71-12-9-34(52)47-10-1-2-25-22-50(44(57)49-42(25)54)35-21-32(51)33(76-35)23-75-81(61,62)79-82(63,64)78-80(58,59)60/h3-8,20,22,32-33,35,45,51H,9-19,21,23,46H2,(H,47,52)(H,48,53)(H,55,56)(H,61,62)(H,63,64)(H,49,54,57)(H2,58,59,60)(H,65,66,67)(H,68,69,70)/t32-,33+,35+/m0/s1. The summed E-state index contributed by atoms with van der Waals surface area (Å²) < 4.78 is 152. The van der Waals surface area contributed by atoms with E-state index in [0.717, 1.165) is 29.0 Å². The van der Waals surface area contributed by atoms with Gasteiger partial charge >= 0.3 is 45.2 Å². The zero-order valence-electron chi connectivity index (χ0n) is 42.9. The van der Waals surface area contributed by atoms with E-state index in [0.29, 0.717) is 0 Å². The number of carboxylic acid groups (broad SMARTS) is 1. The van der Waals surface area contributed by atoms with Crippen LogP contribution in [0.1, 0.15) is 45.3 Å². The largest absolute Gasteiger partial charge is 0.744 e. The van der Waals surface area contributed by atoms with Crippen molar-refractivity contribution >= 4 is 78.1 Å². The third-order valence-corrected chi connectivity index (χ3v) is 17.0. The van der Waals surface area contributed by atoms with Crippen LogP contribution in [-0.4, -0.2) is 168 Å². The van der Waals surface area contributed by atoms with Gasteiger partial charge in [-0.25, -0.2) is 31.7 Å². The fourth-order valence-corrected chi connectivity index (χ4v) is 12.3. The third kappa shape index (κ3) is 18.3. The molecule has 6 rings (SSSR count). The van der Waals surface area contributed by atoms with Crippen LogP contribution in [0.5, 0.6) is 0 Å². The van der Waals surface area contributed by atoms with Crippen LogP contribution in [0.15, 0.2) is 72.5 Å². The predicted octanol–water partition coefficient (Wildman–Crippen LogP) is -2.51. The average molecular weight is 1280 g/mol. The first kappa shape index (κ1) is 66.7. The topological polar surface area (TPSA) is 553 Å². The van der Waals surface area contributed by atoms with Crippen molar-refractivity contribution in [1.29, 1.82) is 0 Å². The number of aromatic nitrogens is 2. The number of phosphoric acid groups is 3. The molecule has 0 radical (unpaired) electrons. The van der Waals surface area contributed by atoms with Gasteiger partial charge in [-0.05, 0) is 35.9 Å². The molecule has 2 aliphatic heterocycles. The molecule has 1 aromatic heterocycles. The molecule has 2 unspecified atom stereocenters. The van der Waals surface area contributed by atoms with Crippen molar-refractivity contribution in [2.75, 3.05) is 78.3 Å². The Morgan fingerprint density at radius 3 is 2.11 bits per heavy atom. The molecule has 3 heterocycles. The van der Waals surface area contributed by atoms with E-state index < -0.39 is 136 Å². The molecule has 1 saturated heterocycles. The Morgan fingerprint density at radius 1 is 0.857 bits per heavy atom. The van der Waals surface area contributed by atoms with Gasteiger partial charge in [0.2, 0.25) is 16.2 Å². The highest BCUT2D eigenvalue weighted by Gasteiger charge is 2.43. The molecule has 458 valence electrons. The highest BCUT2D eigenvalue weighted by atomic mass is 32.2. The number of benzene rings is 3. The number of aliphatic hydroxyl groups is 1. The Hall–Kier alpha value is -6.43. The number of hydrogen-bond acceptors (Lipinski definition) is 24. The number of amides is 2. The minimum atomic E-state index is -5.81. The van der Waals surface area contributed by atoms with Gasteiger partial charge in [0.1, 0.15) is 32.9 Å². The first-order valence-corrected chi connectivity index (χ1v) is 31.2. The number of aromatic amines is 1. The first-order valence-electron chi connectivity index (χ1n) is 23.8. The molecule has 0 bridgehead atoms. The number of carbonyl (C=O) groups excluding carboxylic acids is 2. The molecule has 1 aliphatic carbocycles. The van der Waals surface area contributed by atoms with E-state index in [-0.39, 0.29) is 112 Å². The lowest BCUT2D eigenvalue weighted by molar-refractivity contribution is -0.176. The maximum Gasteiger partial charge on any atom is 0.490 e. The number of anilines is 1. The van der Waals surface area contributed by atoms with Gasteiger partial charge in [0, 0.05) is 53.7 Å². The number of aromatic carboxylic acids is 1. The van der Waals surface area contributed by atoms with Crippen molar-refractivity contribution in [1.82, 2.24) is 20.2 Å². The number of nitrogens with one attached hydrogen (secondary N) is 3. The number of carboxylic acids is 1. The Labute approximate surface area is 472 Å². The van der Waals surface area contributed by atoms with Crippen LogP contribution in [0.2, 0.25) is 0 Å². The fourth-order valence-electron chi connectivity index (χ4n) is 7.83. The van der Waals surface area contributed by atoms with Crippen LogP contribution < -0.4 is 38.4 Å². The molecule has 3 aromatic rings. The molecule has 35 nitrogen and oxygen atoms in total. The number of fused-ring (bicyclic) bond motifs is 2. The van der Waals surface area contributed by atoms with Gasteiger partial charge in [0.15, 0.2) is 11.3 Å². The maximum absolute atomic E-state index is 13.1. The summed E-state index contributed by atoms with van der Waals surface area (Å²) in [5.74, 6) is 1.51. The van der Waals surface area contributed by atoms with Gasteiger partial charge in [-0.3, -0.25) is 38.4 Å². The summed E-state index contributed by atoms with van der Waals surface area (Å²) in [6.45, 7) is -0.362. The number of nitrogens with two attached hydrogens (primary N) is 2. The molecule has 84 heavy (non-hydrogen) atoms. The quantitative estimate of drug-likeness (QED) is 0.00588. The Morgan fingerprint density at radius 2 is 1.49 bits per heavy atom. The second kappa shape index (κ2) is 28.2. The highest BCUT2D eigenvalue weighted by molar-refractivity contribution is 7.86. The van der Waals surface area contributed by atoms with Crippen molar-refractivity contribution in [3.05, 3.63) is 91.5 Å². The van der Waals surface area contributed by atoms with Crippen molar-refractivity contribution in [3.63, 3.8) is 0 Å². The summed E-state index contributed by atoms with van der Waals surface area (Å²) in [5, 5.41) is 30.9. The monoisotopic (exact) mass is 1280 g/mol. The van der Waals surface area contributed by atoms with Crippen LogP contribution in [0.4, 0.5) is 5.69 Å². The predicted molar refractivity (Wildman–Crippen MR) is 278 cm³/mol. The van der Waals surface area contributed by atoms with Crippen molar-refractivity contribution in [3.8, 4) is 34.3 Å². The van der Waals surface area contributed by atoms with Crippen LogP contribution in [-0.2, 0) is 75.6 Å². The van der Waals surface area contributed by atoms with E-state index in [1.54, 1.807) is 0 Å². The number of rotatable bonds is 29. The maximum atomic E-state index is 13.1. The van der Waals surface area contributed by atoms with E-state index in [4.69, 9.17) is 49.0 Å². The summed E-state index contributed by atoms with van der Waals surface area (Å²) in [6, 6.07) is 7.97. The number of hydrogen-bond donors (Lipinski definition) is 12. The van der Waals surface area contributed by atoms with E-state index in [1.807, 2.05) is 4.98 Å². The zero-order chi connectivity index (χ0) is 62.0. The number of nitrogens with zero attached hydrogens (tertiary/aromatic N) is 1. The highest BCUT2D eigenvalue weighted by Crippen LogP contribution is 2.66. The first-order chi connectivity index (χ1) is 39.3. The number of carbonyl (C=O) groups is 3. The third-order valence-electron chi connectivity index (χ3n) is 11.3. The molecular weight excluding hydrogens is 1230 g/mol. The molecule has 2 aromatic carbocycles. The molecule has 3 aliphatic rings. The Kier molecular flexibility index (Phi) is 22.4. The van der Waals surface area contributed by atoms with Gasteiger partial charge in [0.25, 0.3) is 11.5 Å². The minimum Gasteiger partial charge on any atom is -0.744 e. The molecular formula is C44H51N6O29P3S2. The zero-order valence-corrected chi connectivity index (χ0v) is 47.2. The number of nitrogen functional groups attached to an aromatic ring is 1. The molecule has 5 atom stereocenters. The summed E-state index contributed by atoms with van der Waals surface area (Å²) in [4.78, 5) is 99.2. The van der Waals surface area contributed by atoms with Gasteiger partial charge < -0.3 is 78.8 Å². The van der Waals surface area contributed by atoms with Gasteiger partial charge in [0.05, 0.1) is 83.4 Å².